The van der Waals surface area contributed by atoms with Crippen LogP contribution >= 0.6 is 0 Å². The number of ether oxygens (including phenoxy) is 2. The number of para-hydroxylation sites is 1. The second kappa shape index (κ2) is 11.7. The van der Waals surface area contributed by atoms with Gasteiger partial charge in [-0.3, -0.25) is 4.79 Å². The number of alkyl halides is 3. The molecule has 0 amide bonds. The molecule has 0 N–H and O–H groups in total. The van der Waals surface area contributed by atoms with Crippen molar-refractivity contribution < 1.29 is 27.4 Å². The van der Waals surface area contributed by atoms with Gasteiger partial charge in [0.25, 0.3) is 0 Å². The van der Waals surface area contributed by atoms with Gasteiger partial charge >= 0.3 is 6.36 Å². The summed E-state index contributed by atoms with van der Waals surface area (Å²) in [5.41, 5.74) is 1.20. The minimum Gasteiger partial charge on any atom is -0.497 e. The first-order valence-corrected chi connectivity index (χ1v) is 10.4. The number of hydrogen-bond donors (Lipinski definition) is 0. The number of rotatable bonds is 12. The number of nitrogens with zero attached hydrogens (tertiary/aromatic N) is 1. The summed E-state index contributed by atoms with van der Waals surface area (Å²) < 4.78 is 47.1. The largest absolute Gasteiger partial charge is 0.573 e. The topological polar surface area (TPSA) is 38.8 Å². The van der Waals surface area contributed by atoms with Crippen molar-refractivity contribution in [2.45, 2.75) is 51.9 Å². The number of hydrogen-bond acceptors (Lipinski definition) is 4. The van der Waals surface area contributed by atoms with Gasteiger partial charge in [-0.25, -0.2) is 0 Å². The third-order valence-electron chi connectivity index (χ3n) is 5.11. The minimum atomic E-state index is -4.70. The van der Waals surface area contributed by atoms with Crippen molar-refractivity contribution in [2.24, 2.45) is 0 Å². The second-order valence-electron chi connectivity index (χ2n) is 7.64. The number of carbonyl (C=O) groups is 1. The van der Waals surface area contributed by atoms with E-state index in [4.69, 9.17) is 4.74 Å². The molecular weight excluding hydrogens is 407 g/mol. The molecule has 170 valence electrons. The number of Topliss-reactive ketones (excluding diaryl/α,β-unsaturated/α-hetero) is 1. The van der Waals surface area contributed by atoms with Crippen LogP contribution in [0.5, 0.6) is 11.5 Å². The van der Waals surface area contributed by atoms with Gasteiger partial charge in [-0.05, 0) is 75.5 Å². The molecule has 0 spiro atoms. The van der Waals surface area contributed by atoms with E-state index in [0.717, 1.165) is 19.4 Å². The number of methoxy groups -OCH3 is 1. The Morgan fingerprint density at radius 1 is 1.00 bits per heavy atom. The lowest BCUT2D eigenvalue weighted by molar-refractivity contribution is -0.274. The maximum absolute atomic E-state index is 12.6. The molecule has 0 fully saturated rings. The highest BCUT2D eigenvalue weighted by atomic mass is 19.4. The summed E-state index contributed by atoms with van der Waals surface area (Å²) in [6.45, 7) is 5.50. The van der Waals surface area contributed by atoms with Gasteiger partial charge in [0, 0.05) is 24.6 Å². The van der Waals surface area contributed by atoms with Crippen LogP contribution in [-0.2, 0) is 6.42 Å². The predicted molar refractivity (Wildman–Crippen MR) is 115 cm³/mol. The van der Waals surface area contributed by atoms with E-state index >= 15 is 0 Å². The number of halogens is 3. The Bertz CT molecular complexity index is 820. The molecule has 2 rings (SSSR count). The fourth-order valence-corrected chi connectivity index (χ4v) is 3.35. The Morgan fingerprint density at radius 2 is 1.68 bits per heavy atom. The molecule has 0 heterocycles. The Hall–Kier alpha value is -2.54. The summed E-state index contributed by atoms with van der Waals surface area (Å²) in [6, 6.07) is 13.6. The molecule has 0 aliphatic heterocycles. The molecule has 7 heteroatoms. The predicted octanol–water partition coefficient (Wildman–Crippen LogP) is 5.90. The van der Waals surface area contributed by atoms with E-state index in [-0.39, 0.29) is 17.6 Å². The van der Waals surface area contributed by atoms with E-state index in [9.17, 15) is 18.0 Å². The molecule has 4 nitrogen and oxygen atoms in total. The van der Waals surface area contributed by atoms with E-state index in [1.807, 2.05) is 0 Å². The summed E-state index contributed by atoms with van der Waals surface area (Å²) in [4.78, 5) is 14.5. The van der Waals surface area contributed by atoms with Gasteiger partial charge in [-0.1, -0.05) is 18.2 Å². The number of unbranched alkanes of at least 4 members (excludes halogenated alkanes) is 1. The average Bonchev–Trinajstić information content (AvgIpc) is 2.72. The number of ketones is 1. The van der Waals surface area contributed by atoms with E-state index in [0.29, 0.717) is 36.3 Å². The summed E-state index contributed by atoms with van der Waals surface area (Å²) in [5, 5.41) is 0. The lowest BCUT2D eigenvalue weighted by Crippen LogP contribution is -2.34. The lowest BCUT2D eigenvalue weighted by atomic mass is 10.0. The van der Waals surface area contributed by atoms with Crippen molar-refractivity contribution in [1.82, 2.24) is 4.90 Å². The molecule has 31 heavy (non-hydrogen) atoms. The fourth-order valence-electron chi connectivity index (χ4n) is 3.35. The van der Waals surface area contributed by atoms with Crippen LogP contribution < -0.4 is 9.47 Å². The van der Waals surface area contributed by atoms with Gasteiger partial charge in [0.05, 0.1) is 7.11 Å². The second-order valence-corrected chi connectivity index (χ2v) is 7.64. The highest BCUT2D eigenvalue weighted by Crippen LogP contribution is 2.26. The summed E-state index contributed by atoms with van der Waals surface area (Å²) in [7, 11) is 1.58. The average molecular weight is 438 g/mol. The molecule has 0 atom stereocenters. The summed E-state index contributed by atoms with van der Waals surface area (Å²) in [6.07, 6.45) is -2.21. The zero-order valence-corrected chi connectivity index (χ0v) is 18.2. The zero-order chi connectivity index (χ0) is 22.9. The smallest absolute Gasteiger partial charge is 0.497 e. The standard InChI is InChI=1S/C24H30F3NO3/c1-18(2)28(17-15-20-8-4-5-10-23(20)31-24(25,26)27)16-7-6-9-22(29)19-11-13-21(30-3)14-12-19/h4-5,8,10-14,18H,6-7,9,15-17H2,1-3H3. The van der Waals surface area contributed by atoms with E-state index in [1.165, 1.54) is 12.1 Å². The summed E-state index contributed by atoms with van der Waals surface area (Å²) >= 11 is 0. The SMILES string of the molecule is COc1ccc(C(=O)CCCCN(CCc2ccccc2OC(F)(F)F)C(C)C)cc1. The quantitative estimate of drug-likeness (QED) is 0.306. The van der Waals surface area contributed by atoms with Crippen LogP contribution in [0.15, 0.2) is 48.5 Å². The van der Waals surface area contributed by atoms with Crippen LogP contribution in [0.2, 0.25) is 0 Å². The van der Waals surface area contributed by atoms with Crippen LogP contribution in [-0.4, -0.2) is 43.3 Å². The van der Waals surface area contributed by atoms with Crippen molar-refractivity contribution in [3.8, 4) is 11.5 Å². The molecule has 0 radical (unpaired) electrons. The van der Waals surface area contributed by atoms with Crippen LogP contribution in [0.25, 0.3) is 0 Å². The van der Waals surface area contributed by atoms with Gasteiger partial charge in [0.2, 0.25) is 0 Å². The van der Waals surface area contributed by atoms with Crippen molar-refractivity contribution >= 4 is 5.78 Å². The first kappa shape index (κ1) is 24.7. The first-order valence-electron chi connectivity index (χ1n) is 10.4. The van der Waals surface area contributed by atoms with E-state index in [2.05, 4.69) is 23.5 Å². The molecule has 0 unspecified atom stereocenters. The summed E-state index contributed by atoms with van der Waals surface area (Å²) in [5.74, 6) is 0.659. The minimum absolute atomic E-state index is 0.0944. The van der Waals surface area contributed by atoms with Crippen LogP contribution in [0.3, 0.4) is 0 Å². The molecule has 2 aromatic rings. The third kappa shape index (κ3) is 8.61. The maximum Gasteiger partial charge on any atom is 0.573 e. The molecule has 0 bridgehead atoms. The normalized spacial score (nSPS) is 11.7. The van der Waals surface area contributed by atoms with Gasteiger partial charge in [0.15, 0.2) is 5.78 Å². The van der Waals surface area contributed by atoms with E-state index < -0.39 is 6.36 Å². The Labute approximate surface area is 182 Å². The van der Waals surface area contributed by atoms with Gasteiger partial charge in [-0.15, -0.1) is 13.2 Å². The number of carbonyl (C=O) groups excluding carboxylic acids is 1. The fraction of sp³-hybridized carbons (Fsp3) is 0.458. The van der Waals surface area contributed by atoms with Crippen LogP contribution in [0.1, 0.15) is 49.0 Å². The monoisotopic (exact) mass is 437 g/mol. The van der Waals surface area contributed by atoms with Gasteiger partial charge in [0.1, 0.15) is 11.5 Å². The molecule has 0 aliphatic rings. The Morgan fingerprint density at radius 3 is 2.29 bits per heavy atom. The number of benzene rings is 2. The third-order valence-corrected chi connectivity index (χ3v) is 5.11. The van der Waals surface area contributed by atoms with Gasteiger partial charge in [-0.2, -0.15) is 0 Å². The van der Waals surface area contributed by atoms with Crippen molar-refractivity contribution in [3.05, 3.63) is 59.7 Å². The molecule has 2 aromatic carbocycles. The Balaban J connectivity index is 1.82. The van der Waals surface area contributed by atoms with Crippen molar-refractivity contribution in [1.29, 1.82) is 0 Å². The molecule has 0 aliphatic carbocycles. The molecular formula is C24H30F3NO3. The van der Waals surface area contributed by atoms with Crippen molar-refractivity contribution in [3.63, 3.8) is 0 Å². The lowest BCUT2D eigenvalue weighted by Gasteiger charge is -2.27. The first-order chi connectivity index (χ1) is 14.7. The van der Waals surface area contributed by atoms with Crippen LogP contribution in [0.4, 0.5) is 13.2 Å². The van der Waals surface area contributed by atoms with Crippen molar-refractivity contribution in [2.75, 3.05) is 20.2 Å². The molecule has 0 saturated heterocycles. The van der Waals surface area contributed by atoms with Crippen LogP contribution in [0, 0.1) is 0 Å². The molecule has 0 saturated carbocycles. The molecule has 0 aromatic heterocycles. The van der Waals surface area contributed by atoms with E-state index in [1.54, 1.807) is 43.5 Å². The zero-order valence-electron chi connectivity index (χ0n) is 18.2. The Kier molecular flexibility index (Phi) is 9.37. The highest BCUT2D eigenvalue weighted by Gasteiger charge is 2.32. The maximum atomic E-state index is 12.6. The highest BCUT2D eigenvalue weighted by molar-refractivity contribution is 5.96. The van der Waals surface area contributed by atoms with Gasteiger partial charge < -0.3 is 14.4 Å².